The summed E-state index contributed by atoms with van der Waals surface area (Å²) in [5.74, 6) is 0. The van der Waals surface area contributed by atoms with Crippen molar-refractivity contribution in [3.63, 3.8) is 0 Å². The third kappa shape index (κ3) is 6.82. The van der Waals surface area contributed by atoms with E-state index in [2.05, 4.69) is 10.2 Å². The first kappa shape index (κ1) is 8.82. The van der Waals surface area contributed by atoms with E-state index >= 15 is 0 Å². The maximum atomic E-state index is 3.36. The van der Waals surface area contributed by atoms with Crippen molar-refractivity contribution in [2.24, 2.45) is 10.2 Å². The molecule has 2 heteroatoms. The standard InChI is InChI=1S/C6H6.C2H6N2/c1-2-4-6-5-3-1;1-3-4-2/h1-6H;1-2H3/b;4-3+. The molecular formula is C8H12N2. The molecule has 0 N–H and O–H groups in total. The molecule has 0 saturated carbocycles. The van der Waals surface area contributed by atoms with Gasteiger partial charge in [0.25, 0.3) is 0 Å². The van der Waals surface area contributed by atoms with Gasteiger partial charge in [0.05, 0.1) is 0 Å². The van der Waals surface area contributed by atoms with Gasteiger partial charge >= 0.3 is 0 Å². The van der Waals surface area contributed by atoms with Gasteiger partial charge in [0.2, 0.25) is 0 Å². The third-order valence-electron chi connectivity index (χ3n) is 0.867. The molecule has 2 nitrogen and oxygen atoms in total. The zero-order valence-corrected chi connectivity index (χ0v) is 6.36. The van der Waals surface area contributed by atoms with Crippen LogP contribution in [0.5, 0.6) is 0 Å². The summed E-state index contributed by atoms with van der Waals surface area (Å²) in [6.07, 6.45) is 0. The van der Waals surface area contributed by atoms with Gasteiger partial charge in [0.15, 0.2) is 0 Å². The van der Waals surface area contributed by atoms with Crippen LogP contribution < -0.4 is 0 Å². The molecule has 1 aromatic rings. The first-order chi connectivity index (χ1) is 4.91. The van der Waals surface area contributed by atoms with Gasteiger partial charge in [-0.15, -0.1) is 0 Å². The van der Waals surface area contributed by atoms with Crippen LogP contribution >= 0.6 is 0 Å². The zero-order chi connectivity index (χ0) is 7.66. The van der Waals surface area contributed by atoms with Crippen molar-refractivity contribution in [1.82, 2.24) is 0 Å². The van der Waals surface area contributed by atoms with Gasteiger partial charge in [-0.2, -0.15) is 10.2 Å². The van der Waals surface area contributed by atoms with Crippen molar-refractivity contribution in [3.8, 4) is 0 Å². The largest absolute Gasteiger partial charge is 0.198 e. The van der Waals surface area contributed by atoms with E-state index in [1.54, 1.807) is 14.1 Å². The van der Waals surface area contributed by atoms with Crippen molar-refractivity contribution in [3.05, 3.63) is 36.4 Å². The van der Waals surface area contributed by atoms with Crippen LogP contribution in [0.2, 0.25) is 0 Å². The van der Waals surface area contributed by atoms with E-state index in [-0.39, 0.29) is 0 Å². The lowest BCUT2D eigenvalue weighted by molar-refractivity contribution is 1.11. The summed E-state index contributed by atoms with van der Waals surface area (Å²) in [5, 5.41) is 6.72. The van der Waals surface area contributed by atoms with Crippen LogP contribution in [-0.4, -0.2) is 14.1 Å². The second kappa shape index (κ2) is 7.82. The van der Waals surface area contributed by atoms with Gasteiger partial charge in [0, 0.05) is 14.1 Å². The highest BCUT2D eigenvalue weighted by Crippen LogP contribution is 1.79. The van der Waals surface area contributed by atoms with Crippen LogP contribution in [0.25, 0.3) is 0 Å². The fourth-order valence-corrected chi connectivity index (χ4v) is 0.385. The maximum Gasteiger partial charge on any atom is 0.0487 e. The van der Waals surface area contributed by atoms with Crippen molar-refractivity contribution >= 4 is 0 Å². The number of rotatable bonds is 0. The van der Waals surface area contributed by atoms with Crippen LogP contribution in [0.1, 0.15) is 0 Å². The normalized spacial score (nSPS) is 8.60. The van der Waals surface area contributed by atoms with Crippen LogP contribution in [0.15, 0.2) is 46.6 Å². The summed E-state index contributed by atoms with van der Waals surface area (Å²) < 4.78 is 0. The highest BCUT2D eigenvalue weighted by atomic mass is 15.0. The van der Waals surface area contributed by atoms with Crippen molar-refractivity contribution in [1.29, 1.82) is 0 Å². The fourth-order valence-electron chi connectivity index (χ4n) is 0.385. The Morgan fingerprint density at radius 1 is 0.600 bits per heavy atom. The lowest BCUT2D eigenvalue weighted by Crippen LogP contribution is -1.47. The van der Waals surface area contributed by atoms with E-state index < -0.39 is 0 Å². The third-order valence-corrected chi connectivity index (χ3v) is 0.867. The van der Waals surface area contributed by atoms with Crippen LogP contribution in [-0.2, 0) is 0 Å². The van der Waals surface area contributed by atoms with Crippen LogP contribution in [0.4, 0.5) is 0 Å². The number of benzene rings is 1. The molecule has 0 aromatic heterocycles. The molecule has 0 saturated heterocycles. The highest BCUT2D eigenvalue weighted by molar-refractivity contribution is 4.99. The molecule has 0 spiro atoms. The Balaban J connectivity index is 0.000000180. The number of nitrogens with zero attached hydrogens (tertiary/aromatic N) is 2. The molecule has 0 unspecified atom stereocenters. The van der Waals surface area contributed by atoms with E-state index in [1.807, 2.05) is 36.4 Å². The maximum absolute atomic E-state index is 3.36. The van der Waals surface area contributed by atoms with E-state index in [1.165, 1.54) is 0 Å². The summed E-state index contributed by atoms with van der Waals surface area (Å²) in [5.41, 5.74) is 0. The molecule has 0 radical (unpaired) electrons. The summed E-state index contributed by atoms with van der Waals surface area (Å²) in [6.45, 7) is 0. The first-order valence-corrected chi connectivity index (χ1v) is 3.09. The minimum Gasteiger partial charge on any atom is -0.198 e. The van der Waals surface area contributed by atoms with Gasteiger partial charge in [-0.05, 0) is 0 Å². The lowest BCUT2D eigenvalue weighted by Gasteiger charge is -1.69. The van der Waals surface area contributed by atoms with Gasteiger partial charge in [-0.3, -0.25) is 0 Å². The molecular weight excluding hydrogens is 124 g/mol. The number of azo groups is 1. The van der Waals surface area contributed by atoms with Gasteiger partial charge in [-0.25, -0.2) is 0 Å². The molecule has 0 aliphatic rings. The number of hydrogen-bond acceptors (Lipinski definition) is 2. The van der Waals surface area contributed by atoms with Crippen molar-refractivity contribution in [2.75, 3.05) is 14.1 Å². The minimum absolute atomic E-state index is 1.64. The Labute approximate surface area is 61.6 Å². The Morgan fingerprint density at radius 3 is 0.900 bits per heavy atom. The van der Waals surface area contributed by atoms with Gasteiger partial charge in [-0.1, -0.05) is 36.4 Å². The quantitative estimate of drug-likeness (QED) is 0.489. The predicted octanol–water partition coefficient (Wildman–Crippen LogP) is 2.38. The molecule has 54 valence electrons. The molecule has 0 aliphatic carbocycles. The van der Waals surface area contributed by atoms with Crippen molar-refractivity contribution < 1.29 is 0 Å². The first-order valence-electron chi connectivity index (χ1n) is 3.09. The average Bonchev–Trinajstić information content (AvgIpc) is 2.08. The molecule has 0 aliphatic heterocycles. The Hall–Kier alpha value is -1.18. The van der Waals surface area contributed by atoms with E-state index in [4.69, 9.17) is 0 Å². The topological polar surface area (TPSA) is 24.7 Å². The predicted molar refractivity (Wildman–Crippen MR) is 43.1 cm³/mol. The van der Waals surface area contributed by atoms with Crippen molar-refractivity contribution in [2.45, 2.75) is 0 Å². The fraction of sp³-hybridized carbons (Fsp3) is 0.250. The van der Waals surface area contributed by atoms with E-state index in [0.29, 0.717) is 0 Å². The average molecular weight is 136 g/mol. The molecule has 0 atom stereocenters. The molecule has 0 bridgehead atoms. The summed E-state index contributed by atoms with van der Waals surface area (Å²) in [7, 11) is 3.28. The Kier molecular flexibility index (Phi) is 6.90. The SMILES string of the molecule is C/N=N/C.c1ccccc1. The Bertz CT molecular complexity index is 127. The van der Waals surface area contributed by atoms with Gasteiger partial charge in [0.1, 0.15) is 0 Å². The Morgan fingerprint density at radius 2 is 0.800 bits per heavy atom. The second-order valence-electron chi connectivity index (χ2n) is 1.55. The summed E-state index contributed by atoms with van der Waals surface area (Å²) in [4.78, 5) is 0. The molecule has 0 fully saturated rings. The zero-order valence-electron chi connectivity index (χ0n) is 6.36. The highest BCUT2D eigenvalue weighted by Gasteiger charge is 1.57. The lowest BCUT2D eigenvalue weighted by atomic mass is 10.4. The van der Waals surface area contributed by atoms with Gasteiger partial charge < -0.3 is 0 Å². The smallest absolute Gasteiger partial charge is 0.0487 e. The van der Waals surface area contributed by atoms with E-state index in [0.717, 1.165) is 0 Å². The van der Waals surface area contributed by atoms with Crippen LogP contribution in [0.3, 0.4) is 0 Å². The molecule has 1 aromatic carbocycles. The van der Waals surface area contributed by atoms with E-state index in [9.17, 15) is 0 Å². The number of hydrogen-bond donors (Lipinski definition) is 0. The summed E-state index contributed by atoms with van der Waals surface area (Å²) >= 11 is 0. The molecule has 0 heterocycles. The molecule has 1 rings (SSSR count). The second-order valence-corrected chi connectivity index (χ2v) is 1.55. The molecule has 0 amide bonds. The summed E-state index contributed by atoms with van der Waals surface area (Å²) in [6, 6.07) is 12.0. The monoisotopic (exact) mass is 136 g/mol. The molecule has 10 heavy (non-hydrogen) atoms. The van der Waals surface area contributed by atoms with Crippen LogP contribution in [0, 0.1) is 0 Å². The minimum atomic E-state index is 1.64.